The summed E-state index contributed by atoms with van der Waals surface area (Å²) in [6.07, 6.45) is 1.40. The van der Waals surface area contributed by atoms with E-state index in [0.717, 1.165) is 10.7 Å². The van der Waals surface area contributed by atoms with Crippen LogP contribution in [-0.2, 0) is 14.8 Å². The van der Waals surface area contributed by atoms with Crippen molar-refractivity contribution in [1.29, 1.82) is 0 Å². The van der Waals surface area contributed by atoms with E-state index in [4.69, 9.17) is 11.6 Å². The third-order valence-electron chi connectivity index (χ3n) is 3.22. The molecule has 0 saturated carbocycles. The SMILES string of the molecule is CC(=O)NCCCCNC(=O)c1cc(S(=O)(=O)N(C)C)ccc1Cl. The summed E-state index contributed by atoms with van der Waals surface area (Å²) in [5, 5.41) is 5.54. The van der Waals surface area contributed by atoms with Gasteiger partial charge in [0, 0.05) is 34.1 Å². The van der Waals surface area contributed by atoms with E-state index in [2.05, 4.69) is 10.6 Å². The van der Waals surface area contributed by atoms with Gasteiger partial charge in [-0.3, -0.25) is 9.59 Å². The number of sulfonamides is 1. The molecular formula is C15H22ClN3O4S. The lowest BCUT2D eigenvalue weighted by Gasteiger charge is -2.13. The zero-order valence-electron chi connectivity index (χ0n) is 13.9. The van der Waals surface area contributed by atoms with Gasteiger partial charge < -0.3 is 10.6 Å². The highest BCUT2D eigenvalue weighted by Gasteiger charge is 2.20. The predicted molar refractivity (Wildman–Crippen MR) is 92.6 cm³/mol. The van der Waals surface area contributed by atoms with Crippen LogP contribution >= 0.6 is 11.6 Å². The highest BCUT2D eigenvalue weighted by Crippen LogP contribution is 2.22. The molecule has 0 bridgehead atoms. The van der Waals surface area contributed by atoms with Gasteiger partial charge in [0.1, 0.15) is 0 Å². The predicted octanol–water partition coefficient (Wildman–Crippen LogP) is 1.24. The molecule has 134 valence electrons. The summed E-state index contributed by atoms with van der Waals surface area (Å²) in [7, 11) is -0.805. The van der Waals surface area contributed by atoms with Crippen molar-refractivity contribution in [2.75, 3.05) is 27.2 Å². The molecule has 0 radical (unpaired) electrons. The smallest absolute Gasteiger partial charge is 0.252 e. The number of hydrogen-bond donors (Lipinski definition) is 2. The summed E-state index contributed by atoms with van der Waals surface area (Å²) in [6, 6.07) is 4.02. The molecule has 24 heavy (non-hydrogen) atoms. The second-order valence-electron chi connectivity index (χ2n) is 5.38. The van der Waals surface area contributed by atoms with Gasteiger partial charge in [-0.05, 0) is 31.0 Å². The Morgan fingerprint density at radius 1 is 1.12 bits per heavy atom. The molecule has 0 heterocycles. The van der Waals surface area contributed by atoms with Gasteiger partial charge in [0.2, 0.25) is 15.9 Å². The monoisotopic (exact) mass is 375 g/mol. The van der Waals surface area contributed by atoms with Crippen molar-refractivity contribution in [3.63, 3.8) is 0 Å². The third kappa shape index (κ3) is 5.77. The van der Waals surface area contributed by atoms with Gasteiger partial charge in [0.15, 0.2) is 0 Å². The number of hydrogen-bond acceptors (Lipinski definition) is 4. The van der Waals surface area contributed by atoms with Crippen LogP contribution in [0.2, 0.25) is 5.02 Å². The summed E-state index contributed by atoms with van der Waals surface area (Å²) in [4.78, 5) is 22.9. The number of carbonyl (C=O) groups is 2. The first-order valence-corrected chi connectivity index (χ1v) is 9.22. The lowest BCUT2D eigenvalue weighted by Crippen LogP contribution is -2.27. The number of carbonyl (C=O) groups excluding carboxylic acids is 2. The van der Waals surface area contributed by atoms with Crippen molar-refractivity contribution in [2.24, 2.45) is 0 Å². The minimum Gasteiger partial charge on any atom is -0.356 e. The Morgan fingerprint density at radius 2 is 1.71 bits per heavy atom. The molecule has 0 saturated heterocycles. The quantitative estimate of drug-likeness (QED) is 0.668. The molecule has 9 heteroatoms. The van der Waals surface area contributed by atoms with E-state index in [1.807, 2.05) is 0 Å². The summed E-state index contributed by atoms with van der Waals surface area (Å²) >= 11 is 6.00. The minimum absolute atomic E-state index is 0.00714. The molecule has 0 atom stereocenters. The maximum absolute atomic E-state index is 12.2. The van der Waals surface area contributed by atoms with Crippen molar-refractivity contribution in [3.8, 4) is 0 Å². The van der Waals surface area contributed by atoms with Crippen LogP contribution in [0.15, 0.2) is 23.1 Å². The van der Waals surface area contributed by atoms with Gasteiger partial charge in [0.25, 0.3) is 5.91 Å². The van der Waals surface area contributed by atoms with Crippen LogP contribution in [0.25, 0.3) is 0 Å². The van der Waals surface area contributed by atoms with E-state index in [1.165, 1.54) is 39.2 Å². The van der Waals surface area contributed by atoms with Crippen molar-refractivity contribution < 1.29 is 18.0 Å². The normalized spacial score (nSPS) is 11.4. The summed E-state index contributed by atoms with van der Waals surface area (Å²) in [6.45, 7) is 2.39. The van der Waals surface area contributed by atoms with Gasteiger partial charge in [-0.1, -0.05) is 11.6 Å². The van der Waals surface area contributed by atoms with Crippen LogP contribution in [0.3, 0.4) is 0 Å². The molecule has 7 nitrogen and oxygen atoms in total. The van der Waals surface area contributed by atoms with E-state index in [1.54, 1.807) is 0 Å². The van der Waals surface area contributed by atoms with Gasteiger partial charge in [-0.2, -0.15) is 0 Å². The Bertz CT molecular complexity index is 705. The molecule has 1 aromatic carbocycles. The Labute approximate surface area is 147 Å². The van der Waals surface area contributed by atoms with Crippen LogP contribution in [0.5, 0.6) is 0 Å². The molecule has 0 aliphatic heterocycles. The summed E-state index contributed by atoms with van der Waals surface area (Å²) < 4.78 is 25.3. The molecule has 0 aromatic heterocycles. The highest BCUT2D eigenvalue weighted by atomic mass is 35.5. The number of rotatable bonds is 8. The average molecular weight is 376 g/mol. The second-order valence-corrected chi connectivity index (χ2v) is 7.93. The van der Waals surface area contributed by atoms with E-state index in [0.29, 0.717) is 19.5 Å². The number of amides is 2. The van der Waals surface area contributed by atoms with Crippen LogP contribution in [0.1, 0.15) is 30.1 Å². The molecule has 0 aliphatic carbocycles. The fourth-order valence-electron chi connectivity index (χ4n) is 1.86. The topological polar surface area (TPSA) is 95.6 Å². The molecular weight excluding hydrogens is 354 g/mol. The second kappa shape index (κ2) is 9.00. The van der Waals surface area contributed by atoms with Crippen molar-refractivity contribution >= 4 is 33.4 Å². The highest BCUT2D eigenvalue weighted by molar-refractivity contribution is 7.89. The largest absolute Gasteiger partial charge is 0.356 e. The summed E-state index contributed by atoms with van der Waals surface area (Å²) in [5.41, 5.74) is 0.112. The number of benzene rings is 1. The number of nitrogens with one attached hydrogen (secondary N) is 2. The summed E-state index contributed by atoms with van der Waals surface area (Å²) in [5.74, 6) is -0.528. The fourth-order valence-corrected chi connectivity index (χ4v) is 2.99. The molecule has 0 fully saturated rings. The molecule has 1 aromatic rings. The minimum atomic E-state index is -3.64. The molecule has 0 unspecified atom stereocenters. The molecule has 2 N–H and O–H groups in total. The number of unbranched alkanes of at least 4 members (excludes halogenated alkanes) is 1. The maximum Gasteiger partial charge on any atom is 0.252 e. The average Bonchev–Trinajstić information content (AvgIpc) is 2.50. The van der Waals surface area contributed by atoms with Gasteiger partial charge in [0.05, 0.1) is 15.5 Å². The van der Waals surface area contributed by atoms with E-state index in [-0.39, 0.29) is 21.4 Å². The van der Waals surface area contributed by atoms with Gasteiger partial charge >= 0.3 is 0 Å². The Hall–Kier alpha value is -1.64. The van der Waals surface area contributed by atoms with Crippen molar-refractivity contribution in [3.05, 3.63) is 28.8 Å². The van der Waals surface area contributed by atoms with Crippen LogP contribution in [0, 0.1) is 0 Å². The van der Waals surface area contributed by atoms with Gasteiger partial charge in [-0.25, -0.2) is 12.7 Å². The lowest BCUT2D eigenvalue weighted by atomic mass is 10.2. The van der Waals surface area contributed by atoms with Crippen molar-refractivity contribution in [1.82, 2.24) is 14.9 Å². The first kappa shape index (κ1) is 20.4. The Morgan fingerprint density at radius 3 is 2.25 bits per heavy atom. The van der Waals surface area contributed by atoms with E-state index >= 15 is 0 Å². The number of halogens is 1. The maximum atomic E-state index is 12.2. The standard InChI is InChI=1S/C15H22ClN3O4S/c1-11(20)17-8-4-5-9-18-15(21)13-10-12(6-7-14(13)16)24(22,23)19(2)3/h6-7,10H,4-5,8-9H2,1-3H3,(H,17,20)(H,18,21). The third-order valence-corrected chi connectivity index (χ3v) is 5.36. The molecule has 0 spiro atoms. The van der Waals surface area contributed by atoms with Crippen LogP contribution in [-0.4, -0.2) is 51.7 Å². The first-order valence-electron chi connectivity index (χ1n) is 7.41. The molecule has 2 amide bonds. The van der Waals surface area contributed by atoms with Crippen LogP contribution < -0.4 is 10.6 Å². The Kier molecular flexibility index (Phi) is 7.65. The van der Waals surface area contributed by atoms with E-state index in [9.17, 15) is 18.0 Å². The first-order chi connectivity index (χ1) is 11.2. The van der Waals surface area contributed by atoms with Crippen LogP contribution in [0.4, 0.5) is 0 Å². The molecule has 1 rings (SSSR count). The lowest BCUT2D eigenvalue weighted by molar-refractivity contribution is -0.118. The zero-order valence-corrected chi connectivity index (χ0v) is 15.5. The van der Waals surface area contributed by atoms with Gasteiger partial charge in [-0.15, -0.1) is 0 Å². The fraction of sp³-hybridized carbons (Fsp3) is 0.467. The molecule has 0 aliphatic rings. The van der Waals surface area contributed by atoms with Crippen molar-refractivity contribution in [2.45, 2.75) is 24.7 Å². The number of nitrogens with zero attached hydrogens (tertiary/aromatic N) is 1. The Balaban J connectivity index is 2.69. The zero-order chi connectivity index (χ0) is 18.3. The van der Waals surface area contributed by atoms with E-state index < -0.39 is 15.9 Å².